The average molecular weight is 250 g/mol. The van der Waals surface area contributed by atoms with Gasteiger partial charge in [0.05, 0.1) is 0 Å². The Hall–Kier alpha value is -0.0800. The molecule has 1 N–H and O–H groups in total. The lowest BCUT2D eigenvalue weighted by atomic mass is 9.68. The van der Waals surface area contributed by atoms with Gasteiger partial charge in [-0.25, -0.2) is 0 Å². The third-order valence-electron chi connectivity index (χ3n) is 6.37. The maximum absolute atomic E-state index is 3.98. The molecule has 0 radical (unpaired) electrons. The van der Waals surface area contributed by atoms with Gasteiger partial charge in [-0.15, -0.1) is 0 Å². The van der Waals surface area contributed by atoms with E-state index in [1.165, 1.54) is 45.3 Å². The second kappa shape index (κ2) is 4.21. The highest BCUT2D eigenvalue weighted by Crippen LogP contribution is 2.62. The van der Waals surface area contributed by atoms with Crippen LogP contribution in [0.2, 0.25) is 0 Å². The highest BCUT2D eigenvalue weighted by Gasteiger charge is 2.58. The summed E-state index contributed by atoms with van der Waals surface area (Å²) >= 11 is 0. The van der Waals surface area contributed by atoms with Gasteiger partial charge < -0.3 is 10.2 Å². The molecule has 104 valence electrons. The van der Waals surface area contributed by atoms with E-state index in [4.69, 9.17) is 0 Å². The quantitative estimate of drug-likeness (QED) is 0.828. The van der Waals surface area contributed by atoms with Gasteiger partial charge in [0.1, 0.15) is 0 Å². The Morgan fingerprint density at radius 2 is 2.00 bits per heavy atom. The first-order valence-electron chi connectivity index (χ1n) is 7.84. The maximum atomic E-state index is 3.98. The number of nitrogens with one attached hydrogen (secondary N) is 1. The van der Waals surface area contributed by atoms with Crippen LogP contribution in [-0.4, -0.2) is 37.6 Å². The van der Waals surface area contributed by atoms with Gasteiger partial charge in [-0.3, -0.25) is 0 Å². The van der Waals surface area contributed by atoms with Crippen LogP contribution in [0.15, 0.2) is 0 Å². The smallest absolute Gasteiger partial charge is 0.0175 e. The Balaban J connectivity index is 1.62. The number of fused-ring (bicyclic) bond motifs is 2. The Morgan fingerprint density at radius 1 is 1.22 bits per heavy atom. The normalized spacial score (nSPS) is 47.0. The van der Waals surface area contributed by atoms with Gasteiger partial charge in [0.25, 0.3) is 0 Å². The molecule has 4 atom stereocenters. The highest BCUT2D eigenvalue weighted by atomic mass is 15.1. The first-order valence-corrected chi connectivity index (χ1v) is 7.84. The van der Waals surface area contributed by atoms with E-state index in [9.17, 15) is 0 Å². The predicted molar refractivity (Wildman–Crippen MR) is 76.6 cm³/mol. The number of rotatable bonds is 3. The van der Waals surface area contributed by atoms with Crippen molar-refractivity contribution < 1.29 is 0 Å². The third kappa shape index (κ3) is 1.92. The van der Waals surface area contributed by atoms with Crippen molar-refractivity contribution in [1.82, 2.24) is 10.2 Å². The van der Waals surface area contributed by atoms with Crippen molar-refractivity contribution in [2.75, 3.05) is 26.7 Å². The van der Waals surface area contributed by atoms with Crippen molar-refractivity contribution in [3.05, 3.63) is 0 Å². The summed E-state index contributed by atoms with van der Waals surface area (Å²) in [7, 11) is 2.25. The van der Waals surface area contributed by atoms with Crippen LogP contribution in [0, 0.1) is 22.7 Å². The van der Waals surface area contributed by atoms with Crippen molar-refractivity contribution in [3.8, 4) is 0 Å². The molecule has 0 aromatic heterocycles. The third-order valence-corrected chi connectivity index (χ3v) is 6.37. The molecule has 3 rings (SSSR count). The lowest BCUT2D eigenvalue weighted by Crippen LogP contribution is -2.51. The van der Waals surface area contributed by atoms with Crippen molar-refractivity contribution in [2.24, 2.45) is 22.7 Å². The van der Waals surface area contributed by atoms with Crippen LogP contribution in [0.5, 0.6) is 0 Å². The molecule has 2 nitrogen and oxygen atoms in total. The zero-order valence-corrected chi connectivity index (χ0v) is 12.6. The van der Waals surface area contributed by atoms with E-state index in [2.05, 4.69) is 38.0 Å². The van der Waals surface area contributed by atoms with Crippen molar-refractivity contribution in [2.45, 2.75) is 52.5 Å². The minimum atomic E-state index is 0.511. The number of hydrogen-bond donors (Lipinski definition) is 1. The summed E-state index contributed by atoms with van der Waals surface area (Å²) in [4.78, 5) is 2.47. The molecule has 0 spiro atoms. The lowest BCUT2D eigenvalue weighted by molar-refractivity contribution is 0.105. The minimum absolute atomic E-state index is 0.511. The molecule has 18 heavy (non-hydrogen) atoms. The Labute approximate surface area is 113 Å². The standard InChI is InChI=1S/C16H30N2/c1-15(2)13-5-7-16(3,9-13)14(15)17-10-12-6-8-18(4)11-12/h12-14,17H,5-11H2,1-4H3. The van der Waals surface area contributed by atoms with Gasteiger partial charge in [0, 0.05) is 12.6 Å². The summed E-state index contributed by atoms with van der Waals surface area (Å²) in [6.07, 6.45) is 5.76. The Kier molecular flexibility index (Phi) is 3.02. The average Bonchev–Trinajstić information content (AvgIpc) is 2.89. The van der Waals surface area contributed by atoms with E-state index in [-0.39, 0.29) is 0 Å². The van der Waals surface area contributed by atoms with E-state index in [0.29, 0.717) is 10.8 Å². The molecule has 1 heterocycles. The predicted octanol–water partition coefficient (Wildman–Crippen LogP) is 2.74. The largest absolute Gasteiger partial charge is 0.313 e. The van der Waals surface area contributed by atoms with E-state index in [0.717, 1.165) is 17.9 Å². The molecule has 4 unspecified atom stereocenters. The van der Waals surface area contributed by atoms with E-state index < -0.39 is 0 Å². The van der Waals surface area contributed by atoms with Crippen molar-refractivity contribution in [1.29, 1.82) is 0 Å². The summed E-state index contributed by atoms with van der Waals surface area (Å²) in [5.74, 6) is 1.85. The van der Waals surface area contributed by atoms with Crippen LogP contribution in [0.1, 0.15) is 46.5 Å². The Morgan fingerprint density at radius 3 is 2.56 bits per heavy atom. The zero-order valence-electron chi connectivity index (χ0n) is 12.6. The van der Waals surface area contributed by atoms with Crippen LogP contribution in [0.25, 0.3) is 0 Å². The molecule has 2 heteroatoms. The summed E-state index contributed by atoms with van der Waals surface area (Å²) in [5.41, 5.74) is 1.09. The summed E-state index contributed by atoms with van der Waals surface area (Å²) in [6.45, 7) is 11.3. The minimum Gasteiger partial charge on any atom is -0.313 e. The van der Waals surface area contributed by atoms with Gasteiger partial charge in [-0.05, 0) is 68.5 Å². The molecule has 1 aliphatic heterocycles. The Bertz CT molecular complexity index is 320. The molecular weight excluding hydrogens is 220 g/mol. The fourth-order valence-corrected chi connectivity index (χ4v) is 5.29. The lowest BCUT2D eigenvalue weighted by Gasteiger charge is -2.43. The molecule has 0 amide bonds. The first kappa shape index (κ1) is 12.9. The van der Waals surface area contributed by atoms with Gasteiger partial charge >= 0.3 is 0 Å². The van der Waals surface area contributed by atoms with E-state index >= 15 is 0 Å². The van der Waals surface area contributed by atoms with Crippen LogP contribution in [0.3, 0.4) is 0 Å². The fourth-order valence-electron chi connectivity index (χ4n) is 5.29. The molecule has 3 fully saturated rings. The van der Waals surface area contributed by atoms with Crippen molar-refractivity contribution in [3.63, 3.8) is 0 Å². The molecule has 2 bridgehead atoms. The SMILES string of the molecule is CN1CCC(CNC2C3(C)CCC(C3)C2(C)C)C1. The summed E-state index contributed by atoms with van der Waals surface area (Å²) in [5, 5.41) is 3.98. The molecule has 0 aromatic rings. The monoisotopic (exact) mass is 250 g/mol. The second-order valence-electron chi connectivity index (χ2n) is 8.17. The molecule has 2 saturated carbocycles. The van der Waals surface area contributed by atoms with E-state index in [1.54, 1.807) is 0 Å². The zero-order chi connectivity index (χ0) is 13.0. The van der Waals surface area contributed by atoms with Crippen LogP contribution in [-0.2, 0) is 0 Å². The van der Waals surface area contributed by atoms with Crippen molar-refractivity contribution >= 4 is 0 Å². The molecule has 0 aromatic carbocycles. The molecule has 3 aliphatic rings. The number of nitrogens with zero attached hydrogens (tertiary/aromatic N) is 1. The number of likely N-dealkylation sites (tertiary alicyclic amines) is 1. The summed E-state index contributed by atoms with van der Waals surface area (Å²) < 4.78 is 0. The van der Waals surface area contributed by atoms with Gasteiger partial charge in [0.2, 0.25) is 0 Å². The summed E-state index contributed by atoms with van der Waals surface area (Å²) in [6, 6.07) is 0.745. The molecule has 2 aliphatic carbocycles. The van der Waals surface area contributed by atoms with Crippen LogP contribution < -0.4 is 5.32 Å². The van der Waals surface area contributed by atoms with Crippen LogP contribution >= 0.6 is 0 Å². The topological polar surface area (TPSA) is 15.3 Å². The van der Waals surface area contributed by atoms with Crippen LogP contribution in [0.4, 0.5) is 0 Å². The molecule has 1 saturated heterocycles. The van der Waals surface area contributed by atoms with Gasteiger partial charge in [-0.1, -0.05) is 20.8 Å². The highest BCUT2D eigenvalue weighted by molar-refractivity contribution is 5.12. The van der Waals surface area contributed by atoms with E-state index in [1.807, 2.05) is 0 Å². The fraction of sp³-hybridized carbons (Fsp3) is 1.00. The van der Waals surface area contributed by atoms with Gasteiger partial charge in [0.15, 0.2) is 0 Å². The second-order valence-corrected chi connectivity index (χ2v) is 8.17. The first-order chi connectivity index (χ1) is 8.42. The number of hydrogen-bond acceptors (Lipinski definition) is 2. The maximum Gasteiger partial charge on any atom is 0.0175 e. The van der Waals surface area contributed by atoms with Gasteiger partial charge in [-0.2, -0.15) is 0 Å². The molecular formula is C16H30N2.